The number of likely N-dealkylation sites (tertiary alicyclic amines) is 1. The van der Waals surface area contributed by atoms with Gasteiger partial charge in [-0.25, -0.2) is 14.4 Å². The number of hydrogen-bond acceptors (Lipinski definition) is 5. The number of amides is 1. The van der Waals surface area contributed by atoms with Crippen molar-refractivity contribution in [1.82, 2.24) is 20.2 Å². The normalized spacial score (nSPS) is 21.9. The highest BCUT2D eigenvalue weighted by Crippen LogP contribution is 2.22. The lowest BCUT2D eigenvalue weighted by molar-refractivity contribution is 0.0912. The first-order valence-electron chi connectivity index (χ1n) is 7.16. The lowest BCUT2D eigenvalue weighted by atomic mass is 10.2. The van der Waals surface area contributed by atoms with E-state index in [-0.39, 0.29) is 17.7 Å². The molecule has 22 heavy (non-hydrogen) atoms. The molecule has 1 amide bonds. The molecule has 6 nitrogen and oxygen atoms in total. The van der Waals surface area contributed by atoms with Gasteiger partial charge in [-0.05, 0) is 18.6 Å². The first-order chi connectivity index (χ1) is 10.7. The van der Waals surface area contributed by atoms with Crippen molar-refractivity contribution >= 4 is 5.91 Å². The molecule has 116 valence electrons. The van der Waals surface area contributed by atoms with Crippen LogP contribution in [0.15, 0.2) is 41.5 Å². The fraction of sp³-hybridized carbons (Fsp3) is 0.400. The molecule has 0 radical (unpaired) electrons. The first kappa shape index (κ1) is 14.6. The molecule has 3 heterocycles. The van der Waals surface area contributed by atoms with Crippen LogP contribution in [0.1, 0.15) is 22.5 Å². The molecule has 1 N–H and O–H groups in total. The highest BCUT2D eigenvalue weighted by molar-refractivity contribution is 5.91. The summed E-state index contributed by atoms with van der Waals surface area (Å²) in [4.78, 5) is 21.8. The third-order valence-corrected chi connectivity index (χ3v) is 3.72. The van der Waals surface area contributed by atoms with E-state index in [1.54, 1.807) is 24.5 Å². The van der Waals surface area contributed by atoms with E-state index in [1.807, 2.05) is 4.90 Å². The number of alkyl halides is 1. The van der Waals surface area contributed by atoms with Gasteiger partial charge in [0.2, 0.25) is 0 Å². The Morgan fingerprint density at radius 1 is 1.45 bits per heavy atom. The average Bonchev–Trinajstić information content (AvgIpc) is 3.16. The zero-order valence-electron chi connectivity index (χ0n) is 12.0. The van der Waals surface area contributed by atoms with Crippen LogP contribution < -0.4 is 5.32 Å². The minimum Gasteiger partial charge on any atom is -0.459 e. The van der Waals surface area contributed by atoms with E-state index in [1.165, 1.54) is 12.6 Å². The molecule has 7 heteroatoms. The van der Waals surface area contributed by atoms with Crippen molar-refractivity contribution in [3.05, 3.63) is 48.4 Å². The summed E-state index contributed by atoms with van der Waals surface area (Å²) in [6.45, 7) is 1.31. The van der Waals surface area contributed by atoms with Crippen LogP contribution in [-0.4, -0.2) is 46.1 Å². The third kappa shape index (κ3) is 3.48. The molecular weight excluding hydrogens is 287 g/mol. The number of nitrogens with zero attached hydrogens (tertiary/aromatic N) is 3. The lowest BCUT2D eigenvalue weighted by Crippen LogP contribution is -2.39. The van der Waals surface area contributed by atoms with Crippen LogP contribution in [0, 0.1) is 0 Å². The van der Waals surface area contributed by atoms with Gasteiger partial charge in [0.25, 0.3) is 5.91 Å². The summed E-state index contributed by atoms with van der Waals surface area (Å²) in [6.07, 6.45) is 5.88. The summed E-state index contributed by atoms with van der Waals surface area (Å²) < 4.78 is 18.8. The Labute approximate surface area is 127 Å². The van der Waals surface area contributed by atoms with Crippen molar-refractivity contribution < 1.29 is 13.6 Å². The Balaban J connectivity index is 1.58. The fourth-order valence-electron chi connectivity index (χ4n) is 2.68. The minimum absolute atomic E-state index is 0.0471. The number of aromatic nitrogens is 2. The first-order valence-corrected chi connectivity index (χ1v) is 7.16. The minimum atomic E-state index is -0.879. The lowest BCUT2D eigenvalue weighted by Gasteiger charge is -2.23. The number of rotatable bonds is 5. The third-order valence-electron chi connectivity index (χ3n) is 3.72. The second kappa shape index (κ2) is 6.65. The molecule has 1 saturated heterocycles. The van der Waals surface area contributed by atoms with Gasteiger partial charge < -0.3 is 9.73 Å². The predicted molar refractivity (Wildman–Crippen MR) is 76.8 cm³/mol. The topological polar surface area (TPSA) is 71.3 Å². The van der Waals surface area contributed by atoms with Crippen LogP contribution >= 0.6 is 0 Å². The number of nitrogens with one attached hydrogen (secondary N) is 1. The molecule has 0 unspecified atom stereocenters. The van der Waals surface area contributed by atoms with Crippen LogP contribution in [0.4, 0.5) is 4.39 Å². The van der Waals surface area contributed by atoms with Crippen molar-refractivity contribution in [2.75, 3.05) is 13.1 Å². The Morgan fingerprint density at radius 3 is 3.00 bits per heavy atom. The average molecular weight is 304 g/mol. The maximum absolute atomic E-state index is 13.7. The molecule has 0 saturated carbocycles. The van der Waals surface area contributed by atoms with Gasteiger partial charge >= 0.3 is 0 Å². The highest BCUT2D eigenvalue weighted by atomic mass is 19.1. The number of hydrogen-bond donors (Lipinski definition) is 1. The number of carbonyl (C=O) groups is 1. The van der Waals surface area contributed by atoms with Gasteiger partial charge in [0.05, 0.1) is 6.26 Å². The zero-order chi connectivity index (χ0) is 15.4. The summed E-state index contributed by atoms with van der Waals surface area (Å²) in [5, 5.41) is 2.79. The summed E-state index contributed by atoms with van der Waals surface area (Å²) in [5.74, 6) is -0.0203. The van der Waals surface area contributed by atoms with Gasteiger partial charge in [-0.3, -0.25) is 9.69 Å². The number of halogens is 1. The molecule has 1 aliphatic heterocycles. The molecular formula is C15H17FN4O2. The van der Waals surface area contributed by atoms with E-state index in [2.05, 4.69) is 15.3 Å². The Kier molecular flexibility index (Phi) is 4.43. The molecule has 0 spiro atoms. The molecule has 1 fully saturated rings. The van der Waals surface area contributed by atoms with E-state index in [0.717, 1.165) is 5.56 Å². The quantitative estimate of drug-likeness (QED) is 0.904. The van der Waals surface area contributed by atoms with E-state index in [4.69, 9.17) is 4.42 Å². The van der Waals surface area contributed by atoms with Crippen LogP contribution in [0.25, 0.3) is 0 Å². The standard InChI is InChI=1S/C15H17FN4O2/c16-12-4-13(7-19-15(21)14-2-1-3-22-14)20(9-12)8-11-5-17-10-18-6-11/h1-3,5-6,10,12-13H,4,7-9H2,(H,19,21)/t12-,13-/m0/s1. The van der Waals surface area contributed by atoms with Crippen LogP contribution in [0.5, 0.6) is 0 Å². The van der Waals surface area contributed by atoms with Gasteiger partial charge in [0.1, 0.15) is 12.5 Å². The number of furan rings is 1. The van der Waals surface area contributed by atoms with Crippen molar-refractivity contribution in [1.29, 1.82) is 0 Å². The van der Waals surface area contributed by atoms with Crippen LogP contribution in [0.2, 0.25) is 0 Å². The van der Waals surface area contributed by atoms with Crippen molar-refractivity contribution in [3.8, 4) is 0 Å². The molecule has 0 aromatic carbocycles. The van der Waals surface area contributed by atoms with E-state index in [9.17, 15) is 9.18 Å². The second-order valence-electron chi connectivity index (χ2n) is 5.35. The van der Waals surface area contributed by atoms with E-state index in [0.29, 0.717) is 26.1 Å². The van der Waals surface area contributed by atoms with E-state index >= 15 is 0 Å². The fourth-order valence-corrected chi connectivity index (χ4v) is 2.68. The molecule has 1 aliphatic rings. The molecule has 2 atom stereocenters. The summed E-state index contributed by atoms with van der Waals surface area (Å²) in [5.41, 5.74) is 0.930. The zero-order valence-corrected chi connectivity index (χ0v) is 12.0. The maximum atomic E-state index is 13.7. The smallest absolute Gasteiger partial charge is 0.287 e. The largest absolute Gasteiger partial charge is 0.459 e. The highest BCUT2D eigenvalue weighted by Gasteiger charge is 2.32. The van der Waals surface area contributed by atoms with Crippen molar-refractivity contribution in [3.63, 3.8) is 0 Å². The van der Waals surface area contributed by atoms with Crippen LogP contribution in [0.3, 0.4) is 0 Å². The second-order valence-corrected chi connectivity index (χ2v) is 5.35. The summed E-state index contributed by atoms with van der Waals surface area (Å²) >= 11 is 0. The molecule has 0 aliphatic carbocycles. The van der Waals surface area contributed by atoms with Gasteiger partial charge in [-0.2, -0.15) is 0 Å². The number of carbonyl (C=O) groups excluding carboxylic acids is 1. The Morgan fingerprint density at radius 2 is 2.27 bits per heavy atom. The van der Waals surface area contributed by atoms with Crippen molar-refractivity contribution in [2.24, 2.45) is 0 Å². The molecule has 3 rings (SSSR count). The maximum Gasteiger partial charge on any atom is 0.287 e. The predicted octanol–water partition coefficient (Wildman–Crippen LogP) is 1.41. The van der Waals surface area contributed by atoms with Gasteiger partial charge in [0.15, 0.2) is 5.76 Å². The molecule has 2 aromatic heterocycles. The summed E-state index contributed by atoms with van der Waals surface area (Å²) in [7, 11) is 0. The van der Waals surface area contributed by atoms with E-state index < -0.39 is 6.17 Å². The Hall–Kier alpha value is -2.28. The van der Waals surface area contributed by atoms with Crippen LogP contribution in [-0.2, 0) is 6.54 Å². The summed E-state index contributed by atoms with van der Waals surface area (Å²) in [6, 6.07) is 3.21. The van der Waals surface area contributed by atoms with Gasteiger partial charge in [-0.1, -0.05) is 0 Å². The van der Waals surface area contributed by atoms with Gasteiger partial charge in [0, 0.05) is 43.6 Å². The molecule has 2 aromatic rings. The van der Waals surface area contributed by atoms with Gasteiger partial charge in [-0.15, -0.1) is 0 Å². The monoisotopic (exact) mass is 304 g/mol. The Bertz CT molecular complexity index is 605. The SMILES string of the molecule is O=C(NC[C@@H]1C[C@H](F)CN1Cc1cncnc1)c1ccco1. The molecule has 0 bridgehead atoms. The van der Waals surface area contributed by atoms with Crippen molar-refractivity contribution in [2.45, 2.75) is 25.2 Å².